The fourth-order valence-electron chi connectivity index (χ4n) is 5.02. The Bertz CT molecular complexity index is 1510. The van der Waals surface area contributed by atoms with Gasteiger partial charge < -0.3 is 24.4 Å². The zero-order chi connectivity index (χ0) is 31.3. The topological polar surface area (TPSA) is 120 Å². The number of ether oxygens (including phenoxy) is 3. The predicted molar refractivity (Wildman–Crippen MR) is 154 cm³/mol. The van der Waals surface area contributed by atoms with Crippen LogP contribution in [0.1, 0.15) is 41.3 Å². The van der Waals surface area contributed by atoms with Crippen LogP contribution in [0.5, 0.6) is 5.75 Å². The first-order chi connectivity index (χ1) is 21.0. The van der Waals surface area contributed by atoms with Gasteiger partial charge in [0.05, 0.1) is 53.7 Å². The molecule has 5 rings (SSSR count). The molecule has 10 nitrogen and oxygen atoms in total. The molecular weight excluding hydrogens is 601 g/mol. The second kappa shape index (κ2) is 13.5. The molecule has 0 saturated carbocycles. The largest absolute Gasteiger partial charge is 0.489 e. The first kappa shape index (κ1) is 31.7. The van der Waals surface area contributed by atoms with Crippen molar-refractivity contribution in [3.8, 4) is 5.75 Å². The standard InChI is InChI=1S/C30H33F3N4O6S/c1-2-44(39,40)27-9-3-20(4-10-27)14-34-28(38)21-15-35-29(36-16-21)37-17-26(13-23(37)18-42-25-11-12-41-19-25)43-24-7-5-22(6-8-24)30(31,32)33/h3-10,15-16,23,25-26H,2,11-14,17-19H2,1H3,(H,34,38)/t23-,25+,26+/m0/s1. The molecule has 3 heterocycles. The molecule has 1 N–H and O–H groups in total. The van der Waals surface area contributed by atoms with Crippen molar-refractivity contribution in [2.24, 2.45) is 0 Å². The maximum Gasteiger partial charge on any atom is 0.416 e. The Morgan fingerprint density at radius 3 is 2.39 bits per heavy atom. The van der Waals surface area contributed by atoms with E-state index in [4.69, 9.17) is 14.2 Å². The Hall–Kier alpha value is -3.75. The van der Waals surface area contributed by atoms with Gasteiger partial charge >= 0.3 is 6.18 Å². The van der Waals surface area contributed by atoms with Crippen LogP contribution in [0.15, 0.2) is 65.8 Å². The van der Waals surface area contributed by atoms with E-state index in [2.05, 4.69) is 15.3 Å². The zero-order valence-electron chi connectivity index (χ0n) is 24.0. The van der Waals surface area contributed by atoms with Gasteiger partial charge in [-0.1, -0.05) is 19.1 Å². The highest BCUT2D eigenvalue weighted by Gasteiger charge is 2.36. The third kappa shape index (κ3) is 7.85. The highest BCUT2D eigenvalue weighted by atomic mass is 32.2. The maximum absolute atomic E-state index is 13.0. The van der Waals surface area contributed by atoms with Crippen molar-refractivity contribution in [2.75, 3.05) is 37.0 Å². The monoisotopic (exact) mass is 634 g/mol. The van der Waals surface area contributed by atoms with Crippen molar-refractivity contribution in [3.63, 3.8) is 0 Å². The molecule has 236 valence electrons. The average molecular weight is 635 g/mol. The third-order valence-corrected chi connectivity index (χ3v) is 9.30. The molecule has 14 heteroatoms. The van der Waals surface area contributed by atoms with Gasteiger partial charge in [-0.2, -0.15) is 13.2 Å². The molecule has 0 aliphatic carbocycles. The van der Waals surface area contributed by atoms with Crippen molar-refractivity contribution in [2.45, 2.75) is 55.6 Å². The molecule has 1 amide bonds. The number of anilines is 1. The Kier molecular flexibility index (Phi) is 9.71. The van der Waals surface area contributed by atoms with E-state index in [1.54, 1.807) is 19.1 Å². The van der Waals surface area contributed by atoms with Gasteiger partial charge in [0.2, 0.25) is 5.95 Å². The summed E-state index contributed by atoms with van der Waals surface area (Å²) in [6, 6.07) is 10.7. The second-order valence-electron chi connectivity index (χ2n) is 10.6. The van der Waals surface area contributed by atoms with E-state index in [0.717, 1.165) is 24.1 Å². The lowest BCUT2D eigenvalue weighted by Crippen LogP contribution is -2.36. The SMILES string of the molecule is CCS(=O)(=O)c1ccc(CNC(=O)c2cnc(N3C[C@H](Oc4ccc(C(F)(F)F)cc4)C[C@H]3CO[C@@H]3CCOC3)nc2)cc1. The van der Waals surface area contributed by atoms with Crippen LogP contribution in [-0.2, 0) is 32.0 Å². The number of rotatable bonds is 11. The summed E-state index contributed by atoms with van der Waals surface area (Å²) in [6.07, 6.45) is -0.654. The minimum atomic E-state index is -4.43. The van der Waals surface area contributed by atoms with Gasteiger partial charge in [-0.25, -0.2) is 18.4 Å². The molecule has 2 aliphatic heterocycles. The quantitative estimate of drug-likeness (QED) is 0.333. The van der Waals surface area contributed by atoms with Crippen LogP contribution in [0, 0.1) is 0 Å². The summed E-state index contributed by atoms with van der Waals surface area (Å²) in [6.45, 7) is 3.64. The number of sulfone groups is 1. The number of carbonyl (C=O) groups is 1. The van der Waals surface area contributed by atoms with E-state index in [0.29, 0.717) is 44.5 Å². The molecular formula is C30H33F3N4O6S. The molecule has 2 fully saturated rings. The van der Waals surface area contributed by atoms with E-state index >= 15 is 0 Å². The molecule has 3 aromatic rings. The number of hydrogen-bond donors (Lipinski definition) is 1. The van der Waals surface area contributed by atoms with Crippen LogP contribution in [0.4, 0.5) is 19.1 Å². The number of amides is 1. The number of nitrogens with zero attached hydrogens (tertiary/aromatic N) is 3. The minimum Gasteiger partial charge on any atom is -0.489 e. The van der Waals surface area contributed by atoms with Crippen LogP contribution in [0.3, 0.4) is 0 Å². The number of hydrogen-bond acceptors (Lipinski definition) is 9. The summed E-state index contributed by atoms with van der Waals surface area (Å²) in [5.74, 6) is 0.298. The van der Waals surface area contributed by atoms with Crippen LogP contribution in [0.25, 0.3) is 0 Å². The lowest BCUT2D eigenvalue weighted by atomic mass is 10.2. The highest BCUT2D eigenvalue weighted by Crippen LogP contribution is 2.32. The van der Waals surface area contributed by atoms with Crippen LogP contribution in [-0.4, -0.2) is 74.7 Å². The first-order valence-electron chi connectivity index (χ1n) is 14.2. The minimum absolute atomic E-state index is 0.00654. The number of aromatic nitrogens is 2. The van der Waals surface area contributed by atoms with Gasteiger partial charge in [-0.3, -0.25) is 4.79 Å². The number of halogens is 3. The summed E-state index contributed by atoms with van der Waals surface area (Å²) in [7, 11) is -3.31. The van der Waals surface area contributed by atoms with Gasteiger partial charge in [0.25, 0.3) is 5.91 Å². The first-order valence-corrected chi connectivity index (χ1v) is 15.9. The summed E-state index contributed by atoms with van der Waals surface area (Å²) >= 11 is 0. The van der Waals surface area contributed by atoms with Crippen molar-refractivity contribution in [1.29, 1.82) is 0 Å². The van der Waals surface area contributed by atoms with Gasteiger partial charge in [0.15, 0.2) is 9.84 Å². The second-order valence-corrected chi connectivity index (χ2v) is 12.9. The molecule has 0 unspecified atom stereocenters. The normalized spacial score (nSPS) is 20.5. The van der Waals surface area contributed by atoms with E-state index in [1.165, 1.54) is 36.7 Å². The number of nitrogens with one attached hydrogen (secondary N) is 1. The molecule has 0 radical (unpaired) electrons. The van der Waals surface area contributed by atoms with E-state index in [1.807, 2.05) is 4.90 Å². The number of alkyl halides is 3. The van der Waals surface area contributed by atoms with E-state index in [-0.39, 0.29) is 41.0 Å². The molecule has 44 heavy (non-hydrogen) atoms. The Morgan fingerprint density at radius 2 is 1.77 bits per heavy atom. The average Bonchev–Trinajstić information content (AvgIpc) is 3.69. The van der Waals surface area contributed by atoms with E-state index < -0.39 is 27.5 Å². The van der Waals surface area contributed by atoms with Gasteiger partial charge in [0.1, 0.15) is 11.9 Å². The summed E-state index contributed by atoms with van der Waals surface area (Å²) in [5, 5.41) is 2.78. The third-order valence-electron chi connectivity index (χ3n) is 7.55. The zero-order valence-corrected chi connectivity index (χ0v) is 24.8. The van der Waals surface area contributed by atoms with Crippen molar-refractivity contribution >= 4 is 21.7 Å². The van der Waals surface area contributed by atoms with Crippen molar-refractivity contribution in [1.82, 2.24) is 15.3 Å². The Balaban J connectivity index is 1.22. The Morgan fingerprint density at radius 1 is 1.07 bits per heavy atom. The maximum atomic E-state index is 13.0. The summed E-state index contributed by atoms with van der Waals surface area (Å²) < 4.78 is 80.4. The molecule has 0 bridgehead atoms. The molecule has 0 spiro atoms. The molecule has 2 saturated heterocycles. The van der Waals surface area contributed by atoms with Gasteiger partial charge in [0, 0.05) is 32.0 Å². The Labute approximate surface area is 253 Å². The number of benzene rings is 2. The van der Waals surface area contributed by atoms with Gasteiger partial charge in [-0.05, 0) is 48.4 Å². The fourth-order valence-corrected chi connectivity index (χ4v) is 5.91. The van der Waals surface area contributed by atoms with Crippen molar-refractivity contribution < 1.29 is 40.6 Å². The van der Waals surface area contributed by atoms with Crippen LogP contribution in [0.2, 0.25) is 0 Å². The van der Waals surface area contributed by atoms with Gasteiger partial charge in [-0.15, -0.1) is 0 Å². The molecule has 1 aromatic heterocycles. The lowest BCUT2D eigenvalue weighted by molar-refractivity contribution is -0.137. The highest BCUT2D eigenvalue weighted by molar-refractivity contribution is 7.91. The summed E-state index contributed by atoms with van der Waals surface area (Å²) in [4.78, 5) is 23.7. The van der Waals surface area contributed by atoms with Crippen molar-refractivity contribution in [3.05, 3.63) is 77.6 Å². The number of carbonyl (C=O) groups excluding carboxylic acids is 1. The summed E-state index contributed by atoms with van der Waals surface area (Å²) in [5.41, 5.74) is 0.227. The van der Waals surface area contributed by atoms with Crippen LogP contribution < -0.4 is 15.0 Å². The smallest absolute Gasteiger partial charge is 0.416 e. The predicted octanol–water partition coefficient (Wildman–Crippen LogP) is 4.05. The molecule has 2 aromatic carbocycles. The molecule has 3 atom stereocenters. The fraction of sp³-hybridized carbons (Fsp3) is 0.433. The van der Waals surface area contributed by atoms with Crippen LogP contribution >= 0.6 is 0 Å². The lowest BCUT2D eigenvalue weighted by Gasteiger charge is -2.25. The van der Waals surface area contributed by atoms with E-state index in [9.17, 15) is 26.4 Å². The molecule has 2 aliphatic rings.